The number of aromatic nitrogens is 2. The zero-order valence-corrected chi connectivity index (χ0v) is 9.23. The maximum Gasteiger partial charge on any atom is 0.0726 e. The van der Waals surface area contributed by atoms with Gasteiger partial charge in [0.2, 0.25) is 0 Å². The summed E-state index contributed by atoms with van der Waals surface area (Å²) in [7, 11) is 1.90. The van der Waals surface area contributed by atoms with Gasteiger partial charge < -0.3 is 15.8 Å². The van der Waals surface area contributed by atoms with Crippen molar-refractivity contribution < 1.29 is 4.74 Å². The van der Waals surface area contributed by atoms with E-state index >= 15 is 0 Å². The molecule has 5 nitrogen and oxygen atoms in total. The maximum atomic E-state index is 6.00. The molecule has 1 aromatic heterocycles. The summed E-state index contributed by atoms with van der Waals surface area (Å²) in [4.78, 5) is 0. The Kier molecular flexibility index (Phi) is 2.67. The molecule has 2 unspecified atom stereocenters. The third-order valence-electron chi connectivity index (χ3n) is 3.03. The summed E-state index contributed by atoms with van der Waals surface area (Å²) >= 11 is 0. The van der Waals surface area contributed by atoms with Crippen molar-refractivity contribution in [2.24, 2.45) is 18.2 Å². The predicted octanol–water partition coefficient (Wildman–Crippen LogP) is 0.196. The molecule has 5 heteroatoms. The molecular formula is C10H18N4O. The Hall–Kier alpha value is -1.07. The van der Waals surface area contributed by atoms with E-state index in [1.807, 2.05) is 19.4 Å². The minimum Gasteiger partial charge on any atom is -0.382 e. The lowest BCUT2D eigenvalue weighted by Crippen LogP contribution is -2.43. The molecule has 0 aliphatic carbocycles. The van der Waals surface area contributed by atoms with Gasteiger partial charge in [0, 0.05) is 31.2 Å². The second-order valence-corrected chi connectivity index (χ2v) is 4.53. The first-order valence-corrected chi connectivity index (χ1v) is 5.16. The van der Waals surface area contributed by atoms with E-state index in [1.165, 1.54) is 0 Å². The number of hydrogen-bond acceptors (Lipinski definition) is 4. The van der Waals surface area contributed by atoms with Crippen molar-refractivity contribution in [1.29, 1.82) is 0 Å². The second-order valence-electron chi connectivity index (χ2n) is 4.53. The van der Waals surface area contributed by atoms with Gasteiger partial charge in [0.05, 0.1) is 25.1 Å². The molecule has 1 fully saturated rings. The molecule has 0 aromatic carbocycles. The summed E-state index contributed by atoms with van der Waals surface area (Å²) in [6, 6.07) is 0.113. The highest BCUT2D eigenvalue weighted by molar-refractivity contribution is 5.38. The topological polar surface area (TPSA) is 65.1 Å². The van der Waals surface area contributed by atoms with Gasteiger partial charge in [-0.15, -0.1) is 0 Å². The van der Waals surface area contributed by atoms with Crippen LogP contribution in [0.15, 0.2) is 12.4 Å². The van der Waals surface area contributed by atoms with Crippen LogP contribution in [0.5, 0.6) is 0 Å². The van der Waals surface area contributed by atoms with E-state index < -0.39 is 0 Å². The molecule has 2 rings (SSSR count). The molecule has 1 saturated heterocycles. The van der Waals surface area contributed by atoms with E-state index in [0.29, 0.717) is 6.61 Å². The predicted molar refractivity (Wildman–Crippen MR) is 58.6 cm³/mol. The first-order chi connectivity index (χ1) is 7.10. The number of anilines is 1. The van der Waals surface area contributed by atoms with Crippen LogP contribution in [0.1, 0.15) is 6.92 Å². The highest BCUT2D eigenvalue weighted by atomic mass is 16.5. The molecule has 0 spiro atoms. The standard InChI is InChI=1S/C10H18N4O/c1-10(7-15-5-9(10)11)6-12-8-3-13-14(2)4-8/h3-4,9,12H,5-7,11H2,1-2H3. The lowest BCUT2D eigenvalue weighted by atomic mass is 9.86. The normalized spacial score (nSPS) is 30.7. The number of hydrogen-bond donors (Lipinski definition) is 2. The molecule has 0 radical (unpaired) electrons. The minimum atomic E-state index is 0.0237. The van der Waals surface area contributed by atoms with E-state index in [1.54, 1.807) is 4.68 Å². The molecule has 3 N–H and O–H groups in total. The molecule has 1 aromatic rings. The number of nitrogens with zero attached hydrogens (tertiary/aromatic N) is 2. The fraction of sp³-hybridized carbons (Fsp3) is 0.700. The Bertz CT molecular complexity index is 338. The van der Waals surface area contributed by atoms with Crippen molar-refractivity contribution in [2.45, 2.75) is 13.0 Å². The Morgan fingerprint density at radius 2 is 2.60 bits per heavy atom. The van der Waals surface area contributed by atoms with Crippen molar-refractivity contribution in [3.63, 3.8) is 0 Å². The van der Waals surface area contributed by atoms with Crippen LogP contribution in [0, 0.1) is 5.41 Å². The Labute approximate surface area is 89.6 Å². The fourth-order valence-corrected chi connectivity index (χ4v) is 1.73. The quantitative estimate of drug-likeness (QED) is 0.748. The van der Waals surface area contributed by atoms with Crippen molar-refractivity contribution in [1.82, 2.24) is 9.78 Å². The third kappa shape index (κ3) is 2.13. The van der Waals surface area contributed by atoms with E-state index in [-0.39, 0.29) is 11.5 Å². The minimum absolute atomic E-state index is 0.0237. The molecule has 15 heavy (non-hydrogen) atoms. The van der Waals surface area contributed by atoms with Crippen LogP contribution in [-0.4, -0.2) is 35.6 Å². The molecule has 0 amide bonds. The molecule has 2 heterocycles. The summed E-state index contributed by atoms with van der Waals surface area (Å²) in [5.41, 5.74) is 7.05. The van der Waals surface area contributed by atoms with E-state index in [0.717, 1.165) is 18.8 Å². The van der Waals surface area contributed by atoms with Gasteiger partial charge in [-0.2, -0.15) is 5.10 Å². The molecule has 1 aliphatic heterocycles. The summed E-state index contributed by atoms with van der Waals surface area (Å²) in [5.74, 6) is 0. The zero-order chi connectivity index (χ0) is 10.9. The second kappa shape index (κ2) is 3.83. The highest BCUT2D eigenvalue weighted by Gasteiger charge is 2.37. The molecule has 1 aliphatic rings. The SMILES string of the molecule is Cn1cc(NCC2(C)COCC2N)cn1. The molecule has 2 atom stereocenters. The van der Waals surface area contributed by atoms with Crippen molar-refractivity contribution in [3.05, 3.63) is 12.4 Å². The molecular weight excluding hydrogens is 192 g/mol. The third-order valence-corrected chi connectivity index (χ3v) is 3.03. The summed E-state index contributed by atoms with van der Waals surface area (Å²) < 4.78 is 7.15. The lowest BCUT2D eigenvalue weighted by Gasteiger charge is -2.27. The first-order valence-electron chi connectivity index (χ1n) is 5.16. The largest absolute Gasteiger partial charge is 0.382 e. The van der Waals surface area contributed by atoms with Gasteiger partial charge in [-0.25, -0.2) is 0 Å². The lowest BCUT2D eigenvalue weighted by molar-refractivity contribution is 0.164. The first kappa shape index (κ1) is 10.4. The Morgan fingerprint density at radius 1 is 1.80 bits per heavy atom. The average Bonchev–Trinajstić information content (AvgIpc) is 2.73. The monoisotopic (exact) mass is 210 g/mol. The van der Waals surface area contributed by atoms with E-state index in [4.69, 9.17) is 10.5 Å². The Morgan fingerprint density at radius 3 is 3.13 bits per heavy atom. The van der Waals surface area contributed by atoms with Crippen LogP contribution >= 0.6 is 0 Å². The van der Waals surface area contributed by atoms with Gasteiger partial charge in [0.25, 0.3) is 0 Å². The Balaban J connectivity index is 1.92. The summed E-state index contributed by atoms with van der Waals surface area (Å²) in [6.07, 6.45) is 3.76. The maximum absolute atomic E-state index is 6.00. The van der Waals surface area contributed by atoms with Crippen LogP contribution in [0.3, 0.4) is 0 Å². The van der Waals surface area contributed by atoms with Crippen LogP contribution in [0.2, 0.25) is 0 Å². The number of nitrogens with one attached hydrogen (secondary N) is 1. The van der Waals surface area contributed by atoms with Crippen LogP contribution in [0.25, 0.3) is 0 Å². The van der Waals surface area contributed by atoms with Gasteiger partial charge in [-0.1, -0.05) is 6.92 Å². The number of aryl methyl sites for hydroxylation is 1. The van der Waals surface area contributed by atoms with Gasteiger partial charge >= 0.3 is 0 Å². The average molecular weight is 210 g/mol. The smallest absolute Gasteiger partial charge is 0.0726 e. The van der Waals surface area contributed by atoms with Gasteiger partial charge in [-0.3, -0.25) is 4.68 Å². The fourth-order valence-electron chi connectivity index (χ4n) is 1.73. The number of nitrogens with two attached hydrogens (primary N) is 1. The number of ether oxygens (including phenoxy) is 1. The zero-order valence-electron chi connectivity index (χ0n) is 9.23. The van der Waals surface area contributed by atoms with E-state index in [2.05, 4.69) is 17.3 Å². The van der Waals surface area contributed by atoms with Crippen molar-refractivity contribution >= 4 is 5.69 Å². The molecule has 0 saturated carbocycles. The van der Waals surface area contributed by atoms with E-state index in [9.17, 15) is 0 Å². The summed E-state index contributed by atoms with van der Waals surface area (Å²) in [6.45, 7) is 4.35. The molecule has 84 valence electrons. The van der Waals surface area contributed by atoms with Crippen LogP contribution in [0.4, 0.5) is 5.69 Å². The van der Waals surface area contributed by atoms with Crippen molar-refractivity contribution in [3.8, 4) is 0 Å². The van der Waals surface area contributed by atoms with Crippen LogP contribution < -0.4 is 11.1 Å². The number of rotatable bonds is 3. The highest BCUT2D eigenvalue weighted by Crippen LogP contribution is 2.27. The van der Waals surface area contributed by atoms with Gasteiger partial charge in [0.1, 0.15) is 0 Å². The van der Waals surface area contributed by atoms with Gasteiger partial charge in [-0.05, 0) is 0 Å². The molecule has 0 bridgehead atoms. The summed E-state index contributed by atoms with van der Waals surface area (Å²) in [5, 5.41) is 7.43. The van der Waals surface area contributed by atoms with Gasteiger partial charge in [0.15, 0.2) is 0 Å². The van der Waals surface area contributed by atoms with Crippen molar-refractivity contribution in [2.75, 3.05) is 25.1 Å². The van der Waals surface area contributed by atoms with Crippen LogP contribution in [-0.2, 0) is 11.8 Å².